The van der Waals surface area contributed by atoms with E-state index < -0.39 is 0 Å². The van der Waals surface area contributed by atoms with E-state index >= 15 is 0 Å². The number of imidazole rings is 1. The van der Waals surface area contributed by atoms with Crippen molar-refractivity contribution in [1.82, 2.24) is 14.9 Å². The molecule has 1 aromatic heterocycles. The molecule has 1 saturated carbocycles. The van der Waals surface area contributed by atoms with Gasteiger partial charge in [-0.05, 0) is 44.4 Å². The maximum Gasteiger partial charge on any atom is 0.230 e. The second kappa shape index (κ2) is 8.62. The van der Waals surface area contributed by atoms with Crippen LogP contribution in [-0.4, -0.2) is 28.3 Å². The quantitative estimate of drug-likeness (QED) is 0.745. The van der Waals surface area contributed by atoms with Crippen molar-refractivity contribution in [2.45, 2.75) is 57.3 Å². The molecule has 1 fully saturated rings. The van der Waals surface area contributed by atoms with Crippen LogP contribution in [0.3, 0.4) is 0 Å². The third-order valence-electron chi connectivity index (χ3n) is 5.03. The van der Waals surface area contributed by atoms with Gasteiger partial charge in [-0.25, -0.2) is 4.98 Å². The molecule has 0 aliphatic heterocycles. The van der Waals surface area contributed by atoms with Crippen LogP contribution in [0, 0.1) is 13.8 Å². The topological polar surface area (TPSA) is 56.1 Å². The molecule has 0 saturated heterocycles. The fourth-order valence-electron chi connectivity index (χ4n) is 3.42. The summed E-state index contributed by atoms with van der Waals surface area (Å²) < 4.78 is 7.50. The Bertz CT molecular complexity index is 749. The van der Waals surface area contributed by atoms with Gasteiger partial charge >= 0.3 is 0 Å². The first-order chi connectivity index (χ1) is 12.6. The standard InChI is InChI=1S/C20H27N3O2S/c1-14-15(2)23(17-6-4-5-7-17)20(22-14)26-13-19(24)21-12-16-8-10-18(25-3)11-9-16/h8-11,17H,4-7,12-13H2,1-3H3,(H,21,24). The Morgan fingerprint density at radius 3 is 2.62 bits per heavy atom. The smallest absolute Gasteiger partial charge is 0.230 e. The van der Waals surface area contributed by atoms with Crippen molar-refractivity contribution in [3.05, 3.63) is 41.2 Å². The highest BCUT2D eigenvalue weighted by atomic mass is 32.2. The van der Waals surface area contributed by atoms with Crippen molar-refractivity contribution >= 4 is 17.7 Å². The molecular formula is C20H27N3O2S. The molecule has 1 aliphatic rings. The summed E-state index contributed by atoms with van der Waals surface area (Å²) in [5.41, 5.74) is 3.36. The van der Waals surface area contributed by atoms with Gasteiger partial charge in [0.05, 0.1) is 18.6 Å². The zero-order valence-electron chi connectivity index (χ0n) is 15.7. The normalized spacial score (nSPS) is 14.6. The van der Waals surface area contributed by atoms with Gasteiger partial charge in [-0.1, -0.05) is 36.7 Å². The van der Waals surface area contributed by atoms with E-state index in [0.717, 1.165) is 22.2 Å². The molecule has 26 heavy (non-hydrogen) atoms. The predicted molar refractivity (Wildman–Crippen MR) is 105 cm³/mol. The van der Waals surface area contributed by atoms with Crippen molar-refractivity contribution in [2.24, 2.45) is 0 Å². The zero-order valence-corrected chi connectivity index (χ0v) is 16.6. The highest BCUT2D eigenvalue weighted by Gasteiger charge is 2.23. The molecule has 1 amide bonds. The summed E-state index contributed by atoms with van der Waals surface area (Å²) >= 11 is 1.54. The molecule has 1 aliphatic carbocycles. The summed E-state index contributed by atoms with van der Waals surface area (Å²) in [6.45, 7) is 4.71. The lowest BCUT2D eigenvalue weighted by Gasteiger charge is -2.16. The van der Waals surface area contributed by atoms with Gasteiger partial charge in [-0.3, -0.25) is 4.79 Å². The first-order valence-electron chi connectivity index (χ1n) is 9.16. The van der Waals surface area contributed by atoms with Gasteiger partial charge < -0.3 is 14.6 Å². The van der Waals surface area contributed by atoms with Crippen molar-refractivity contribution in [2.75, 3.05) is 12.9 Å². The number of ether oxygens (including phenoxy) is 1. The Labute approximate surface area is 159 Å². The van der Waals surface area contributed by atoms with E-state index in [1.807, 2.05) is 24.3 Å². The van der Waals surface area contributed by atoms with E-state index in [-0.39, 0.29) is 5.91 Å². The fourth-order valence-corrected chi connectivity index (χ4v) is 4.40. The van der Waals surface area contributed by atoms with Crippen LogP contribution in [0.25, 0.3) is 0 Å². The minimum absolute atomic E-state index is 0.0297. The molecule has 0 atom stereocenters. The molecule has 1 N–H and O–H groups in total. The molecule has 0 bridgehead atoms. The Hall–Kier alpha value is -1.95. The maximum atomic E-state index is 12.2. The SMILES string of the molecule is COc1ccc(CNC(=O)CSc2nc(C)c(C)n2C2CCCC2)cc1. The van der Waals surface area contributed by atoms with E-state index in [4.69, 9.17) is 9.72 Å². The first kappa shape index (κ1) is 18.8. The van der Waals surface area contributed by atoms with Crippen LogP contribution < -0.4 is 10.1 Å². The largest absolute Gasteiger partial charge is 0.497 e. The van der Waals surface area contributed by atoms with Gasteiger partial charge in [0, 0.05) is 18.3 Å². The lowest BCUT2D eigenvalue weighted by molar-refractivity contribution is -0.118. The summed E-state index contributed by atoms with van der Waals surface area (Å²) in [7, 11) is 1.65. The number of methoxy groups -OCH3 is 1. The van der Waals surface area contributed by atoms with E-state index in [0.29, 0.717) is 18.3 Å². The fraction of sp³-hybridized carbons (Fsp3) is 0.500. The number of amides is 1. The van der Waals surface area contributed by atoms with Crippen LogP contribution in [0.4, 0.5) is 0 Å². The van der Waals surface area contributed by atoms with Gasteiger partial charge in [-0.15, -0.1) is 0 Å². The van der Waals surface area contributed by atoms with Gasteiger partial charge in [0.1, 0.15) is 5.75 Å². The third kappa shape index (κ3) is 4.41. The molecule has 1 aromatic carbocycles. The summed E-state index contributed by atoms with van der Waals surface area (Å²) in [6, 6.07) is 8.28. The number of rotatable bonds is 7. The maximum absolute atomic E-state index is 12.2. The summed E-state index contributed by atoms with van der Waals surface area (Å²) in [5.74, 6) is 1.24. The van der Waals surface area contributed by atoms with Crippen LogP contribution in [-0.2, 0) is 11.3 Å². The van der Waals surface area contributed by atoms with Crippen molar-refractivity contribution < 1.29 is 9.53 Å². The number of benzene rings is 1. The average molecular weight is 374 g/mol. The van der Waals surface area contributed by atoms with Crippen molar-refractivity contribution in [1.29, 1.82) is 0 Å². The van der Waals surface area contributed by atoms with Gasteiger partial charge in [0.2, 0.25) is 5.91 Å². The van der Waals surface area contributed by atoms with Crippen LogP contribution in [0.1, 0.15) is 48.7 Å². The van der Waals surface area contributed by atoms with E-state index in [1.54, 1.807) is 7.11 Å². The van der Waals surface area contributed by atoms with Gasteiger partial charge in [0.15, 0.2) is 5.16 Å². The second-order valence-electron chi connectivity index (χ2n) is 6.79. The molecule has 5 nitrogen and oxygen atoms in total. The van der Waals surface area contributed by atoms with Gasteiger partial charge in [0.25, 0.3) is 0 Å². The predicted octanol–water partition coefficient (Wildman–Crippen LogP) is 4.03. The lowest BCUT2D eigenvalue weighted by atomic mass is 10.2. The summed E-state index contributed by atoms with van der Waals surface area (Å²) in [6.07, 6.45) is 5.00. The van der Waals surface area contributed by atoms with E-state index in [1.165, 1.54) is 43.1 Å². The Kier molecular flexibility index (Phi) is 6.25. The number of carbonyl (C=O) groups is 1. The van der Waals surface area contributed by atoms with Gasteiger partial charge in [-0.2, -0.15) is 0 Å². The molecule has 1 heterocycles. The number of hydrogen-bond donors (Lipinski definition) is 1. The van der Waals surface area contributed by atoms with E-state index in [2.05, 4.69) is 23.7 Å². The highest BCUT2D eigenvalue weighted by molar-refractivity contribution is 7.99. The highest BCUT2D eigenvalue weighted by Crippen LogP contribution is 2.35. The second-order valence-corrected chi connectivity index (χ2v) is 7.73. The average Bonchev–Trinajstić information content (AvgIpc) is 3.27. The monoisotopic (exact) mass is 373 g/mol. The molecule has 2 aromatic rings. The number of nitrogens with one attached hydrogen (secondary N) is 1. The number of nitrogens with zero attached hydrogens (tertiary/aromatic N) is 2. The molecule has 140 valence electrons. The van der Waals surface area contributed by atoms with Crippen LogP contribution >= 0.6 is 11.8 Å². The minimum atomic E-state index is 0.0297. The minimum Gasteiger partial charge on any atom is -0.497 e. The Balaban J connectivity index is 1.55. The van der Waals surface area contributed by atoms with Crippen LogP contribution in [0.5, 0.6) is 5.75 Å². The molecule has 0 spiro atoms. The van der Waals surface area contributed by atoms with Crippen molar-refractivity contribution in [3.8, 4) is 5.75 Å². The number of aryl methyl sites for hydroxylation is 1. The van der Waals surface area contributed by atoms with Crippen LogP contribution in [0.2, 0.25) is 0 Å². The lowest BCUT2D eigenvalue weighted by Crippen LogP contribution is -2.24. The first-order valence-corrected chi connectivity index (χ1v) is 10.1. The van der Waals surface area contributed by atoms with Crippen LogP contribution in [0.15, 0.2) is 29.4 Å². The zero-order chi connectivity index (χ0) is 18.5. The summed E-state index contributed by atoms with van der Waals surface area (Å²) in [4.78, 5) is 16.9. The third-order valence-corrected chi connectivity index (χ3v) is 5.98. The molecular weight excluding hydrogens is 346 g/mol. The molecule has 0 radical (unpaired) electrons. The van der Waals surface area contributed by atoms with Crippen molar-refractivity contribution in [3.63, 3.8) is 0 Å². The number of aromatic nitrogens is 2. The Morgan fingerprint density at radius 1 is 1.27 bits per heavy atom. The molecule has 0 unspecified atom stereocenters. The Morgan fingerprint density at radius 2 is 1.96 bits per heavy atom. The molecule has 3 rings (SSSR count). The number of thioether (sulfide) groups is 1. The molecule has 6 heteroatoms. The van der Waals surface area contributed by atoms with E-state index in [9.17, 15) is 4.79 Å². The summed E-state index contributed by atoms with van der Waals surface area (Å²) in [5, 5.41) is 3.96. The number of hydrogen-bond acceptors (Lipinski definition) is 4. The number of carbonyl (C=O) groups excluding carboxylic acids is 1.